The fraction of sp³-hybridized carbons (Fsp3) is 0.235. The average molecular weight is 430 g/mol. The zero-order valence-corrected chi connectivity index (χ0v) is 15.1. The van der Waals surface area contributed by atoms with Gasteiger partial charge < -0.3 is 0 Å². The van der Waals surface area contributed by atoms with E-state index in [4.69, 9.17) is 11.6 Å². The molecule has 1 nitrogen and oxygen atoms in total. The average Bonchev–Trinajstić information content (AvgIpc) is 2.54. The first kappa shape index (κ1) is 21.6. The molecule has 0 aliphatic rings. The number of hydrogen-bond donors (Lipinski definition) is 0. The molecule has 0 bridgehead atoms. The van der Waals surface area contributed by atoms with E-state index >= 15 is 0 Å². The lowest BCUT2D eigenvalue weighted by Gasteiger charge is -2.10. The molecule has 0 aromatic heterocycles. The van der Waals surface area contributed by atoms with E-state index in [-0.39, 0.29) is 21.3 Å². The zero-order chi connectivity index (χ0) is 20.4. The molecule has 0 fully saturated rings. The van der Waals surface area contributed by atoms with Crippen LogP contribution in [0.25, 0.3) is 0 Å². The van der Waals surface area contributed by atoms with Gasteiger partial charge in [-0.3, -0.25) is 0 Å². The summed E-state index contributed by atoms with van der Waals surface area (Å²) >= 11 is 6.41. The fourth-order valence-electron chi connectivity index (χ4n) is 2.01. The lowest BCUT2D eigenvalue weighted by molar-refractivity contribution is -0.137. The maximum atomic E-state index is 14.1. The van der Waals surface area contributed by atoms with Crippen molar-refractivity contribution >= 4 is 34.2 Å². The van der Waals surface area contributed by atoms with Gasteiger partial charge in [-0.15, -0.1) is 11.8 Å². The molecule has 0 N–H and O–H groups in total. The van der Waals surface area contributed by atoms with Crippen LogP contribution in [-0.4, -0.2) is 17.1 Å². The first-order valence-corrected chi connectivity index (χ1v) is 8.65. The molecule has 27 heavy (non-hydrogen) atoms. The highest BCUT2D eigenvalue weighted by Gasteiger charge is 2.30. The van der Waals surface area contributed by atoms with Gasteiger partial charge in [-0.1, -0.05) is 23.7 Å². The third-order valence-electron chi connectivity index (χ3n) is 3.30. The van der Waals surface area contributed by atoms with Crippen LogP contribution >= 0.6 is 23.4 Å². The molecule has 0 unspecified atom stereocenters. The summed E-state index contributed by atoms with van der Waals surface area (Å²) < 4.78 is 88.9. The van der Waals surface area contributed by atoms with Gasteiger partial charge >= 0.3 is 12.4 Å². The molecule has 0 atom stereocenters. The second kappa shape index (κ2) is 8.10. The van der Waals surface area contributed by atoms with Crippen molar-refractivity contribution in [2.45, 2.75) is 24.2 Å². The van der Waals surface area contributed by atoms with Crippen LogP contribution in [-0.2, 0) is 6.18 Å². The monoisotopic (exact) mass is 429 g/mol. The Bertz CT molecular complexity index is 842. The van der Waals surface area contributed by atoms with Gasteiger partial charge in [-0.25, -0.2) is 9.38 Å². The van der Waals surface area contributed by atoms with E-state index in [9.17, 15) is 30.7 Å². The van der Waals surface area contributed by atoms with Gasteiger partial charge in [0.15, 0.2) is 0 Å². The SMILES string of the molecule is Cc1cc(F)c(/N=C(\Cl)c2ccc(C(F)(F)F)cc2)cc1SCC(F)(F)F. The van der Waals surface area contributed by atoms with Crippen LogP contribution in [0.1, 0.15) is 16.7 Å². The van der Waals surface area contributed by atoms with Crippen molar-refractivity contribution in [3.05, 3.63) is 58.9 Å². The number of aliphatic imine (C=N–C) groups is 1. The molecule has 2 aromatic carbocycles. The molecular weight excluding hydrogens is 419 g/mol. The fourth-order valence-corrected chi connectivity index (χ4v) is 3.03. The van der Waals surface area contributed by atoms with E-state index in [0.29, 0.717) is 17.3 Å². The highest BCUT2D eigenvalue weighted by Crippen LogP contribution is 2.34. The van der Waals surface area contributed by atoms with Crippen LogP contribution in [0.5, 0.6) is 0 Å². The first-order valence-electron chi connectivity index (χ1n) is 7.28. The van der Waals surface area contributed by atoms with Gasteiger partial charge in [0.2, 0.25) is 0 Å². The summed E-state index contributed by atoms with van der Waals surface area (Å²) in [7, 11) is 0. The van der Waals surface area contributed by atoms with Crippen molar-refractivity contribution < 1.29 is 30.7 Å². The molecule has 0 saturated heterocycles. The van der Waals surface area contributed by atoms with Crippen LogP contribution in [0, 0.1) is 12.7 Å². The van der Waals surface area contributed by atoms with E-state index < -0.39 is 29.5 Å². The van der Waals surface area contributed by atoms with Gasteiger partial charge in [0.1, 0.15) is 16.7 Å². The summed E-state index contributed by atoms with van der Waals surface area (Å²) in [6.45, 7) is 1.45. The van der Waals surface area contributed by atoms with Crippen molar-refractivity contribution in [2.24, 2.45) is 4.99 Å². The van der Waals surface area contributed by atoms with Crippen molar-refractivity contribution in [1.29, 1.82) is 0 Å². The quantitative estimate of drug-likeness (QED) is 0.286. The predicted molar refractivity (Wildman–Crippen MR) is 91.4 cm³/mol. The second-order valence-corrected chi connectivity index (χ2v) is 6.83. The van der Waals surface area contributed by atoms with Crippen molar-refractivity contribution in [3.63, 3.8) is 0 Å². The summed E-state index contributed by atoms with van der Waals surface area (Å²) in [5, 5.41) is -0.293. The normalized spacial score (nSPS) is 13.1. The van der Waals surface area contributed by atoms with E-state index in [1.54, 1.807) is 0 Å². The highest BCUT2D eigenvalue weighted by molar-refractivity contribution is 7.99. The standard InChI is InChI=1S/C17H11ClF7NS/c1-9-6-12(19)13(7-14(9)27-8-16(20,21)22)26-15(18)10-2-4-11(5-3-10)17(23,24)25/h2-7H,8H2,1H3/b26-15-. The smallest absolute Gasteiger partial charge is 0.233 e. The van der Waals surface area contributed by atoms with Crippen molar-refractivity contribution in [1.82, 2.24) is 0 Å². The molecule has 0 saturated carbocycles. The van der Waals surface area contributed by atoms with E-state index in [2.05, 4.69) is 4.99 Å². The Morgan fingerprint density at radius 3 is 2.15 bits per heavy atom. The molecular formula is C17H11ClF7NS. The van der Waals surface area contributed by atoms with Crippen LogP contribution in [0.15, 0.2) is 46.3 Å². The molecule has 2 aromatic rings. The largest absolute Gasteiger partial charge is 0.416 e. The Morgan fingerprint density at radius 2 is 1.63 bits per heavy atom. The number of aryl methyl sites for hydroxylation is 1. The van der Waals surface area contributed by atoms with Crippen molar-refractivity contribution in [3.8, 4) is 0 Å². The summed E-state index contributed by atoms with van der Waals surface area (Å²) in [4.78, 5) is 3.97. The number of benzene rings is 2. The molecule has 10 heteroatoms. The van der Waals surface area contributed by atoms with Crippen molar-refractivity contribution in [2.75, 3.05) is 5.75 Å². The zero-order valence-electron chi connectivity index (χ0n) is 13.6. The Kier molecular flexibility index (Phi) is 6.47. The summed E-state index contributed by atoms with van der Waals surface area (Å²) in [5.41, 5.74) is -0.793. The lowest BCUT2D eigenvalue weighted by Crippen LogP contribution is -2.10. The number of hydrogen-bond acceptors (Lipinski definition) is 2. The minimum atomic E-state index is -4.52. The summed E-state index contributed by atoms with van der Waals surface area (Å²) in [6, 6.07) is 5.87. The van der Waals surface area contributed by atoms with Crippen LogP contribution in [0.4, 0.5) is 36.4 Å². The first-order chi connectivity index (χ1) is 12.4. The van der Waals surface area contributed by atoms with Gasteiger partial charge in [-0.2, -0.15) is 26.3 Å². The van der Waals surface area contributed by atoms with Gasteiger partial charge in [0.05, 0.1) is 11.3 Å². The van der Waals surface area contributed by atoms with Crippen LogP contribution in [0.3, 0.4) is 0 Å². The van der Waals surface area contributed by atoms with Crippen LogP contribution < -0.4 is 0 Å². The number of thioether (sulfide) groups is 1. The van der Waals surface area contributed by atoms with Gasteiger partial charge in [0.25, 0.3) is 0 Å². The third-order valence-corrected chi connectivity index (χ3v) is 4.83. The van der Waals surface area contributed by atoms with E-state index in [0.717, 1.165) is 36.4 Å². The Balaban J connectivity index is 2.31. The molecule has 146 valence electrons. The number of alkyl halides is 6. The predicted octanol–water partition coefficient (Wildman–Crippen LogP) is 7.12. The number of nitrogens with zero attached hydrogens (tertiary/aromatic N) is 1. The summed E-state index contributed by atoms with van der Waals surface area (Å²) in [6.07, 6.45) is -8.91. The lowest BCUT2D eigenvalue weighted by atomic mass is 10.1. The minimum absolute atomic E-state index is 0.106. The van der Waals surface area contributed by atoms with Gasteiger partial charge in [-0.05, 0) is 36.8 Å². The Labute approximate surface area is 159 Å². The molecule has 0 radical (unpaired) electrons. The molecule has 0 spiro atoms. The molecule has 0 amide bonds. The maximum Gasteiger partial charge on any atom is 0.416 e. The third kappa shape index (κ3) is 6.14. The molecule has 2 rings (SSSR count). The molecule has 0 aliphatic heterocycles. The summed E-state index contributed by atoms with van der Waals surface area (Å²) in [5.74, 6) is -1.97. The Morgan fingerprint density at radius 1 is 1.04 bits per heavy atom. The van der Waals surface area contributed by atoms with Crippen LogP contribution in [0.2, 0.25) is 0 Å². The molecule has 0 heterocycles. The second-order valence-electron chi connectivity index (χ2n) is 5.45. The van der Waals surface area contributed by atoms with E-state index in [1.807, 2.05) is 0 Å². The minimum Gasteiger partial charge on any atom is -0.233 e. The maximum absolute atomic E-state index is 14.1. The van der Waals surface area contributed by atoms with E-state index in [1.165, 1.54) is 6.92 Å². The number of rotatable bonds is 4. The van der Waals surface area contributed by atoms with Gasteiger partial charge in [0, 0.05) is 10.5 Å². The topological polar surface area (TPSA) is 12.4 Å². The Hall–Kier alpha value is -1.74. The highest BCUT2D eigenvalue weighted by atomic mass is 35.5. The molecule has 0 aliphatic carbocycles. The number of halogens is 8.